The Hall–Kier alpha value is -2.91. The average molecular weight is 605 g/mol. The van der Waals surface area contributed by atoms with E-state index in [2.05, 4.69) is 5.32 Å². The quantitative estimate of drug-likeness (QED) is 0.297. The van der Waals surface area contributed by atoms with E-state index >= 15 is 0 Å². The molecule has 0 heterocycles. The molecule has 3 aromatic carbocycles. The molecule has 0 unspecified atom stereocenters. The Kier molecular flexibility index (Phi) is 11.2. The molecule has 0 bridgehead atoms. The molecule has 1 N–H and O–H groups in total. The van der Waals surface area contributed by atoms with E-state index < -0.39 is 28.5 Å². The Bertz CT molecular complexity index is 1400. The van der Waals surface area contributed by atoms with Crippen molar-refractivity contribution in [3.8, 4) is 0 Å². The largest absolute Gasteiger partial charge is 0.352 e. The lowest BCUT2D eigenvalue weighted by Crippen LogP contribution is -2.54. The molecule has 0 radical (unpaired) electrons. The first-order valence-electron chi connectivity index (χ1n) is 13.0. The number of likely N-dealkylation sites (N-methyl/N-ethyl adjacent to an activating group) is 1. The van der Waals surface area contributed by atoms with E-state index in [4.69, 9.17) is 23.2 Å². The summed E-state index contributed by atoms with van der Waals surface area (Å²) in [6, 6.07) is 19.7. The zero-order chi connectivity index (χ0) is 29.4. The first-order valence-corrected chi connectivity index (χ1v) is 15.2. The zero-order valence-corrected chi connectivity index (χ0v) is 25.4. The molecule has 0 fully saturated rings. The Morgan fingerprint density at radius 2 is 1.52 bits per heavy atom. The van der Waals surface area contributed by atoms with Crippen molar-refractivity contribution in [1.29, 1.82) is 0 Å². The lowest BCUT2D eigenvalue weighted by atomic mass is 10.0. The average Bonchev–Trinajstić information content (AvgIpc) is 2.92. The third-order valence-corrected chi connectivity index (χ3v) is 9.28. The van der Waals surface area contributed by atoms with Gasteiger partial charge in [0.05, 0.1) is 11.4 Å². The molecular weight excluding hydrogens is 569 g/mol. The lowest BCUT2D eigenvalue weighted by Gasteiger charge is -2.33. The third kappa shape index (κ3) is 8.07. The van der Waals surface area contributed by atoms with E-state index in [0.717, 1.165) is 15.4 Å². The van der Waals surface area contributed by atoms with Gasteiger partial charge >= 0.3 is 0 Å². The van der Waals surface area contributed by atoms with Crippen LogP contribution in [0.2, 0.25) is 10.0 Å². The van der Waals surface area contributed by atoms with Crippen LogP contribution in [0.4, 0.5) is 0 Å². The van der Waals surface area contributed by atoms with Crippen molar-refractivity contribution in [2.24, 2.45) is 0 Å². The summed E-state index contributed by atoms with van der Waals surface area (Å²) in [5, 5.41) is 3.66. The Balaban J connectivity index is 2.02. The summed E-state index contributed by atoms with van der Waals surface area (Å²) < 4.78 is 27.6. The number of nitrogens with zero attached hydrogens (tertiary/aromatic N) is 2. The van der Waals surface area contributed by atoms with E-state index in [1.54, 1.807) is 30.3 Å². The summed E-state index contributed by atoms with van der Waals surface area (Å²) in [7, 11) is -2.62. The Morgan fingerprint density at radius 3 is 2.10 bits per heavy atom. The van der Waals surface area contributed by atoms with Crippen LogP contribution in [0.5, 0.6) is 0 Å². The van der Waals surface area contributed by atoms with E-state index in [-0.39, 0.29) is 29.8 Å². The molecule has 0 spiro atoms. The van der Waals surface area contributed by atoms with Gasteiger partial charge in [-0.3, -0.25) is 9.59 Å². The highest BCUT2D eigenvalue weighted by atomic mass is 35.5. The van der Waals surface area contributed by atoms with Crippen molar-refractivity contribution < 1.29 is 18.0 Å². The first-order chi connectivity index (χ1) is 18.9. The smallest absolute Gasteiger partial charge is 0.243 e. The number of hydrogen-bond donors (Lipinski definition) is 1. The number of nitrogens with one attached hydrogen (secondary N) is 1. The Morgan fingerprint density at radius 1 is 0.925 bits per heavy atom. The van der Waals surface area contributed by atoms with Crippen molar-refractivity contribution >= 4 is 45.0 Å². The van der Waals surface area contributed by atoms with E-state index in [1.807, 2.05) is 51.1 Å². The van der Waals surface area contributed by atoms with Crippen molar-refractivity contribution in [2.45, 2.75) is 57.1 Å². The number of carbonyl (C=O) groups is 2. The van der Waals surface area contributed by atoms with Crippen molar-refractivity contribution in [3.05, 3.63) is 99.5 Å². The molecule has 2 atom stereocenters. The highest BCUT2D eigenvalue weighted by molar-refractivity contribution is 7.89. The van der Waals surface area contributed by atoms with Crippen LogP contribution in [0.1, 0.15) is 37.0 Å². The van der Waals surface area contributed by atoms with Gasteiger partial charge in [0.2, 0.25) is 21.8 Å². The van der Waals surface area contributed by atoms with Gasteiger partial charge < -0.3 is 10.2 Å². The minimum atomic E-state index is -3.97. The SMILES string of the molecule is CC[C@H](C)NC(=O)[C@@H](Cc1ccccc1)N(Cc1c(Cl)cccc1Cl)C(=O)CN(C)S(=O)(=O)c1ccc(C)cc1. The van der Waals surface area contributed by atoms with Gasteiger partial charge in [-0.05, 0) is 50.1 Å². The van der Waals surface area contributed by atoms with Gasteiger partial charge in [-0.15, -0.1) is 0 Å². The summed E-state index contributed by atoms with van der Waals surface area (Å²) in [6.07, 6.45) is 0.914. The topological polar surface area (TPSA) is 86.8 Å². The van der Waals surface area contributed by atoms with Crippen LogP contribution in [-0.4, -0.2) is 55.1 Å². The summed E-state index contributed by atoms with van der Waals surface area (Å²) in [5.74, 6) is -0.909. The second-order valence-corrected chi connectivity index (χ2v) is 12.7. The van der Waals surface area contributed by atoms with Gasteiger partial charge in [0, 0.05) is 41.7 Å². The zero-order valence-electron chi connectivity index (χ0n) is 23.1. The molecule has 214 valence electrons. The molecule has 3 rings (SSSR count). The van der Waals surface area contributed by atoms with Crippen LogP contribution in [0.15, 0.2) is 77.7 Å². The van der Waals surface area contributed by atoms with Crippen LogP contribution in [0.3, 0.4) is 0 Å². The Labute approximate surface area is 247 Å². The standard InChI is InChI=1S/C30H35Cl2N3O4S/c1-5-22(3)33-30(37)28(18-23-10-7-6-8-11-23)35(19-25-26(31)12-9-13-27(25)32)29(36)20-34(4)40(38,39)24-16-14-21(2)15-17-24/h6-17,22,28H,5,18-20H2,1-4H3,(H,33,37)/t22-,28+/m0/s1. The monoisotopic (exact) mass is 603 g/mol. The van der Waals surface area contributed by atoms with Crippen LogP contribution >= 0.6 is 23.2 Å². The highest BCUT2D eigenvalue weighted by Gasteiger charge is 2.34. The van der Waals surface area contributed by atoms with Gasteiger partial charge in [0.15, 0.2) is 0 Å². The molecule has 10 heteroatoms. The molecule has 2 amide bonds. The predicted octanol–water partition coefficient (Wildman–Crippen LogP) is 5.48. The van der Waals surface area contributed by atoms with E-state index in [9.17, 15) is 18.0 Å². The third-order valence-electron chi connectivity index (χ3n) is 6.75. The maximum absolute atomic E-state index is 14.0. The van der Waals surface area contributed by atoms with Crippen LogP contribution in [-0.2, 0) is 32.6 Å². The van der Waals surface area contributed by atoms with Crippen LogP contribution in [0, 0.1) is 6.92 Å². The number of amides is 2. The van der Waals surface area contributed by atoms with E-state index in [0.29, 0.717) is 22.0 Å². The molecule has 40 heavy (non-hydrogen) atoms. The molecule has 0 aliphatic carbocycles. The predicted molar refractivity (Wildman–Crippen MR) is 160 cm³/mol. The van der Waals surface area contributed by atoms with Gasteiger partial charge in [-0.1, -0.05) is 84.2 Å². The normalized spacial score (nSPS) is 13.1. The number of halogens is 2. The first kappa shape index (κ1) is 31.6. The number of benzene rings is 3. The fourth-order valence-corrected chi connectivity index (χ4v) is 5.74. The maximum atomic E-state index is 14.0. The minimum absolute atomic E-state index is 0.0736. The van der Waals surface area contributed by atoms with Crippen molar-refractivity contribution in [3.63, 3.8) is 0 Å². The highest BCUT2D eigenvalue weighted by Crippen LogP contribution is 2.27. The minimum Gasteiger partial charge on any atom is -0.352 e. The molecular formula is C30H35Cl2N3O4S. The van der Waals surface area contributed by atoms with Gasteiger partial charge in [0.25, 0.3) is 0 Å². The maximum Gasteiger partial charge on any atom is 0.243 e. The molecule has 0 saturated heterocycles. The van der Waals surface area contributed by atoms with E-state index in [1.165, 1.54) is 24.1 Å². The number of aryl methyl sites for hydroxylation is 1. The fraction of sp³-hybridized carbons (Fsp3) is 0.333. The van der Waals surface area contributed by atoms with Gasteiger partial charge in [-0.25, -0.2) is 8.42 Å². The van der Waals surface area contributed by atoms with Crippen LogP contribution in [0.25, 0.3) is 0 Å². The number of hydrogen-bond acceptors (Lipinski definition) is 4. The van der Waals surface area contributed by atoms with Crippen molar-refractivity contribution in [1.82, 2.24) is 14.5 Å². The van der Waals surface area contributed by atoms with Crippen molar-refractivity contribution in [2.75, 3.05) is 13.6 Å². The van der Waals surface area contributed by atoms with Gasteiger partial charge in [-0.2, -0.15) is 4.31 Å². The van der Waals surface area contributed by atoms with Gasteiger partial charge in [0.1, 0.15) is 6.04 Å². The number of sulfonamides is 1. The van der Waals surface area contributed by atoms with Crippen LogP contribution < -0.4 is 5.32 Å². The molecule has 0 saturated carbocycles. The summed E-state index contributed by atoms with van der Waals surface area (Å²) in [5.41, 5.74) is 2.23. The summed E-state index contributed by atoms with van der Waals surface area (Å²) >= 11 is 12.9. The molecule has 7 nitrogen and oxygen atoms in total. The fourth-order valence-electron chi connectivity index (χ4n) is 4.11. The molecule has 0 aliphatic rings. The number of rotatable bonds is 12. The lowest BCUT2D eigenvalue weighted by molar-refractivity contribution is -0.141. The second kappa shape index (κ2) is 14.1. The number of carbonyl (C=O) groups excluding carboxylic acids is 2. The second-order valence-electron chi connectivity index (χ2n) is 9.82. The summed E-state index contributed by atoms with van der Waals surface area (Å²) in [4.78, 5) is 29.1. The summed E-state index contributed by atoms with van der Waals surface area (Å²) in [6.45, 7) is 5.13. The molecule has 0 aliphatic heterocycles. The molecule has 0 aromatic heterocycles. The molecule has 3 aromatic rings.